The van der Waals surface area contributed by atoms with Gasteiger partial charge in [0.25, 0.3) is 0 Å². The van der Waals surface area contributed by atoms with Gasteiger partial charge >= 0.3 is 0 Å². The van der Waals surface area contributed by atoms with Gasteiger partial charge in [-0.25, -0.2) is 0 Å². The highest BCUT2D eigenvalue weighted by Crippen LogP contribution is 2.20. The Kier molecular flexibility index (Phi) is 3.27. The number of halogens is 1. The van der Waals surface area contributed by atoms with Gasteiger partial charge in [0.05, 0.1) is 12.5 Å². The molecule has 0 aliphatic heterocycles. The molecule has 0 saturated heterocycles. The summed E-state index contributed by atoms with van der Waals surface area (Å²) < 4.78 is 0.965. The van der Waals surface area contributed by atoms with E-state index in [9.17, 15) is 0 Å². The number of nitriles is 1. The van der Waals surface area contributed by atoms with Crippen LogP contribution in [0, 0.1) is 11.3 Å². The Hall–Kier alpha value is -0.850. The molecule has 0 heterocycles. The SMILES string of the molecule is N#CCc1c(Br)cccc1CN. The molecule has 0 saturated carbocycles. The Labute approximate surface area is 80.1 Å². The first-order valence-corrected chi connectivity index (χ1v) is 4.42. The molecule has 1 aromatic rings. The minimum absolute atomic E-state index is 0.411. The first kappa shape index (κ1) is 9.24. The van der Waals surface area contributed by atoms with Crippen LogP contribution < -0.4 is 5.73 Å². The summed E-state index contributed by atoms with van der Waals surface area (Å²) in [5.74, 6) is 0. The van der Waals surface area contributed by atoms with E-state index in [2.05, 4.69) is 22.0 Å². The molecule has 12 heavy (non-hydrogen) atoms. The molecule has 0 aliphatic carbocycles. The summed E-state index contributed by atoms with van der Waals surface area (Å²) in [6, 6.07) is 7.90. The van der Waals surface area contributed by atoms with E-state index in [1.54, 1.807) is 0 Å². The number of rotatable bonds is 2. The van der Waals surface area contributed by atoms with Gasteiger partial charge in [0.1, 0.15) is 0 Å². The second kappa shape index (κ2) is 4.24. The van der Waals surface area contributed by atoms with Crippen molar-refractivity contribution in [1.82, 2.24) is 0 Å². The predicted octanol–water partition coefficient (Wildman–Crippen LogP) is 1.97. The van der Waals surface area contributed by atoms with Gasteiger partial charge in [0, 0.05) is 11.0 Å². The van der Waals surface area contributed by atoms with Crippen molar-refractivity contribution in [2.24, 2.45) is 5.73 Å². The van der Waals surface area contributed by atoms with Crippen molar-refractivity contribution in [3.05, 3.63) is 33.8 Å². The topological polar surface area (TPSA) is 49.8 Å². The van der Waals surface area contributed by atoms with Gasteiger partial charge in [0.2, 0.25) is 0 Å². The quantitative estimate of drug-likeness (QED) is 0.836. The maximum Gasteiger partial charge on any atom is 0.0670 e. The third-order valence-corrected chi connectivity index (χ3v) is 2.43. The Bertz CT molecular complexity index is 315. The molecule has 0 unspecified atom stereocenters. The molecule has 2 nitrogen and oxygen atoms in total. The summed E-state index contributed by atoms with van der Waals surface area (Å²) in [5, 5.41) is 8.55. The Morgan fingerprint density at radius 3 is 2.83 bits per heavy atom. The molecule has 0 radical (unpaired) electrons. The lowest BCUT2D eigenvalue weighted by molar-refractivity contribution is 1.03. The van der Waals surface area contributed by atoms with Gasteiger partial charge in [-0.3, -0.25) is 0 Å². The zero-order valence-corrected chi connectivity index (χ0v) is 8.13. The highest BCUT2D eigenvalue weighted by atomic mass is 79.9. The smallest absolute Gasteiger partial charge is 0.0670 e. The maximum atomic E-state index is 8.55. The minimum atomic E-state index is 0.411. The third kappa shape index (κ3) is 1.84. The van der Waals surface area contributed by atoms with Crippen LogP contribution in [-0.4, -0.2) is 0 Å². The van der Waals surface area contributed by atoms with E-state index in [1.165, 1.54) is 0 Å². The lowest BCUT2D eigenvalue weighted by atomic mass is 10.1. The number of hydrogen-bond donors (Lipinski definition) is 1. The van der Waals surface area contributed by atoms with E-state index in [0.717, 1.165) is 15.6 Å². The molecular formula is C9H9BrN2. The van der Waals surface area contributed by atoms with E-state index < -0.39 is 0 Å². The van der Waals surface area contributed by atoms with Crippen molar-refractivity contribution >= 4 is 15.9 Å². The number of benzene rings is 1. The Balaban J connectivity index is 3.12. The van der Waals surface area contributed by atoms with Crippen LogP contribution in [0.3, 0.4) is 0 Å². The molecule has 0 spiro atoms. The van der Waals surface area contributed by atoms with Crippen molar-refractivity contribution in [1.29, 1.82) is 5.26 Å². The molecule has 0 atom stereocenters. The lowest BCUT2D eigenvalue weighted by Crippen LogP contribution is -2.01. The van der Waals surface area contributed by atoms with E-state index in [1.807, 2.05) is 18.2 Å². The number of nitrogens with zero attached hydrogens (tertiary/aromatic N) is 1. The fourth-order valence-electron chi connectivity index (χ4n) is 1.07. The van der Waals surface area contributed by atoms with Crippen molar-refractivity contribution in [2.75, 3.05) is 0 Å². The average Bonchev–Trinajstić information content (AvgIpc) is 2.09. The summed E-state index contributed by atoms with van der Waals surface area (Å²) in [6.45, 7) is 0.483. The normalized spacial score (nSPS) is 9.42. The summed E-state index contributed by atoms with van der Waals surface area (Å²) in [7, 11) is 0. The van der Waals surface area contributed by atoms with Crippen molar-refractivity contribution in [3.8, 4) is 6.07 Å². The molecule has 2 N–H and O–H groups in total. The van der Waals surface area contributed by atoms with Crippen LogP contribution >= 0.6 is 15.9 Å². The van der Waals surface area contributed by atoms with E-state index in [4.69, 9.17) is 11.0 Å². The molecule has 1 aromatic carbocycles. The van der Waals surface area contributed by atoms with E-state index in [0.29, 0.717) is 13.0 Å². The fourth-order valence-corrected chi connectivity index (χ4v) is 1.62. The average molecular weight is 225 g/mol. The Morgan fingerprint density at radius 1 is 1.50 bits per heavy atom. The largest absolute Gasteiger partial charge is 0.326 e. The maximum absolute atomic E-state index is 8.55. The lowest BCUT2D eigenvalue weighted by Gasteiger charge is -2.05. The van der Waals surface area contributed by atoms with Gasteiger partial charge in [-0.15, -0.1) is 0 Å². The molecule has 3 heteroatoms. The van der Waals surface area contributed by atoms with Crippen LogP contribution in [0.25, 0.3) is 0 Å². The first-order valence-electron chi connectivity index (χ1n) is 3.63. The number of nitrogens with two attached hydrogens (primary N) is 1. The van der Waals surface area contributed by atoms with Crippen molar-refractivity contribution in [3.63, 3.8) is 0 Å². The molecule has 0 amide bonds. The zero-order chi connectivity index (χ0) is 8.97. The van der Waals surface area contributed by atoms with Gasteiger partial charge in [-0.05, 0) is 17.2 Å². The van der Waals surface area contributed by atoms with Crippen LogP contribution in [0.4, 0.5) is 0 Å². The standard InChI is InChI=1S/C9H9BrN2/c10-9-3-1-2-7(6-12)8(9)4-5-11/h1-3H,4,6,12H2. The highest BCUT2D eigenvalue weighted by Gasteiger charge is 2.03. The summed E-state index contributed by atoms with van der Waals surface area (Å²) in [4.78, 5) is 0. The van der Waals surface area contributed by atoms with Crippen LogP contribution in [0.2, 0.25) is 0 Å². The van der Waals surface area contributed by atoms with Gasteiger partial charge < -0.3 is 5.73 Å². The number of hydrogen-bond acceptors (Lipinski definition) is 2. The fraction of sp³-hybridized carbons (Fsp3) is 0.222. The summed E-state index contributed by atoms with van der Waals surface area (Å²) in [5.41, 5.74) is 7.56. The van der Waals surface area contributed by atoms with E-state index in [-0.39, 0.29) is 0 Å². The zero-order valence-electron chi connectivity index (χ0n) is 6.55. The molecule has 1 rings (SSSR count). The second-order valence-corrected chi connectivity index (χ2v) is 3.27. The molecular weight excluding hydrogens is 216 g/mol. The monoisotopic (exact) mass is 224 g/mol. The highest BCUT2D eigenvalue weighted by molar-refractivity contribution is 9.10. The molecule has 0 aliphatic rings. The second-order valence-electron chi connectivity index (χ2n) is 2.42. The molecule has 0 aromatic heterocycles. The minimum Gasteiger partial charge on any atom is -0.326 e. The van der Waals surface area contributed by atoms with Crippen LogP contribution in [-0.2, 0) is 13.0 Å². The van der Waals surface area contributed by atoms with Crippen molar-refractivity contribution < 1.29 is 0 Å². The van der Waals surface area contributed by atoms with Crippen LogP contribution in [0.5, 0.6) is 0 Å². The van der Waals surface area contributed by atoms with Gasteiger partial charge in [-0.1, -0.05) is 28.1 Å². The molecule has 0 bridgehead atoms. The van der Waals surface area contributed by atoms with Gasteiger partial charge in [-0.2, -0.15) is 5.26 Å². The Morgan fingerprint density at radius 2 is 2.25 bits per heavy atom. The van der Waals surface area contributed by atoms with Gasteiger partial charge in [0.15, 0.2) is 0 Å². The molecule has 0 fully saturated rings. The van der Waals surface area contributed by atoms with E-state index >= 15 is 0 Å². The molecule has 62 valence electrons. The van der Waals surface area contributed by atoms with Crippen molar-refractivity contribution in [2.45, 2.75) is 13.0 Å². The van der Waals surface area contributed by atoms with Crippen LogP contribution in [0.1, 0.15) is 11.1 Å². The first-order chi connectivity index (χ1) is 5.79. The summed E-state index contributed by atoms with van der Waals surface area (Å²) in [6.07, 6.45) is 0.411. The third-order valence-electron chi connectivity index (χ3n) is 1.69. The predicted molar refractivity (Wildman–Crippen MR) is 51.4 cm³/mol. The van der Waals surface area contributed by atoms with Crippen LogP contribution in [0.15, 0.2) is 22.7 Å². The summed E-state index contributed by atoms with van der Waals surface area (Å²) >= 11 is 3.38.